The van der Waals surface area contributed by atoms with Crippen LogP contribution in [-0.2, 0) is 11.3 Å². The molecule has 1 saturated heterocycles. The second-order valence-electron chi connectivity index (χ2n) is 6.66. The highest BCUT2D eigenvalue weighted by Gasteiger charge is 2.33. The number of carbonyl (C=O) groups excluding carboxylic acids is 2. The first kappa shape index (κ1) is 19.5. The summed E-state index contributed by atoms with van der Waals surface area (Å²) in [5.41, 5.74) is 2.32. The van der Waals surface area contributed by atoms with Gasteiger partial charge in [0.25, 0.3) is 5.91 Å². The average Bonchev–Trinajstić information content (AvgIpc) is 3.30. The zero-order chi connectivity index (χ0) is 21.3. The van der Waals surface area contributed by atoms with Gasteiger partial charge in [0.2, 0.25) is 0 Å². The van der Waals surface area contributed by atoms with Gasteiger partial charge in [0, 0.05) is 22.6 Å². The molecule has 30 heavy (non-hydrogen) atoms. The molecule has 0 bridgehead atoms. The number of carboxylic acids is 1. The number of benzene rings is 2. The molecule has 4 rings (SSSR count). The molecule has 2 aromatic carbocycles. The first-order valence-electron chi connectivity index (χ1n) is 9.02. The van der Waals surface area contributed by atoms with Gasteiger partial charge < -0.3 is 15.0 Å². The zero-order valence-electron chi connectivity index (χ0n) is 15.6. The molecule has 0 aliphatic carbocycles. The molecule has 2 N–H and O–H groups in total. The topological polar surface area (TPSA) is 91.6 Å². The van der Waals surface area contributed by atoms with Crippen molar-refractivity contribution in [2.45, 2.75) is 6.54 Å². The van der Waals surface area contributed by atoms with Crippen molar-refractivity contribution in [3.63, 3.8) is 0 Å². The quantitative estimate of drug-likeness (QED) is 0.482. The molecule has 0 spiro atoms. The van der Waals surface area contributed by atoms with E-state index in [9.17, 15) is 19.5 Å². The van der Waals surface area contributed by atoms with Crippen LogP contribution in [0.2, 0.25) is 5.02 Å². The van der Waals surface area contributed by atoms with E-state index in [1.165, 1.54) is 12.1 Å². The number of halogens is 1. The molecule has 150 valence electrons. The second-order valence-corrected chi connectivity index (χ2v) is 7.10. The number of carbonyl (C=O) groups is 3. The highest BCUT2D eigenvalue weighted by Crippen LogP contribution is 2.21. The largest absolute Gasteiger partial charge is 0.478 e. The fourth-order valence-electron chi connectivity index (χ4n) is 3.17. The van der Waals surface area contributed by atoms with Gasteiger partial charge in [-0.15, -0.1) is 0 Å². The molecular formula is C22H16ClN3O4. The van der Waals surface area contributed by atoms with Crippen LogP contribution >= 0.6 is 11.6 Å². The summed E-state index contributed by atoms with van der Waals surface area (Å²) in [6.45, 7) is 0.126. The fraction of sp³-hybridized carbons (Fsp3) is 0.0455. The normalized spacial score (nSPS) is 15.0. The maximum absolute atomic E-state index is 12.8. The smallest absolute Gasteiger partial charge is 0.335 e. The van der Waals surface area contributed by atoms with Crippen molar-refractivity contribution in [2.24, 2.45) is 0 Å². The summed E-state index contributed by atoms with van der Waals surface area (Å²) >= 11 is 5.88. The van der Waals surface area contributed by atoms with Gasteiger partial charge in [0.05, 0.1) is 12.1 Å². The Morgan fingerprint density at radius 1 is 1.07 bits per heavy atom. The lowest BCUT2D eigenvalue weighted by atomic mass is 10.2. The molecule has 0 radical (unpaired) electrons. The van der Waals surface area contributed by atoms with Gasteiger partial charge in [-0.2, -0.15) is 0 Å². The van der Waals surface area contributed by atoms with Gasteiger partial charge in [-0.1, -0.05) is 29.8 Å². The predicted octanol–water partition coefficient (Wildman–Crippen LogP) is 3.92. The van der Waals surface area contributed by atoms with Crippen molar-refractivity contribution in [3.05, 3.63) is 94.4 Å². The molecule has 3 aromatic rings. The molecular weight excluding hydrogens is 406 g/mol. The molecule has 7 nitrogen and oxygen atoms in total. The van der Waals surface area contributed by atoms with Crippen LogP contribution in [0.25, 0.3) is 11.8 Å². The number of carboxylic acid groups (broad SMARTS) is 1. The number of aromatic nitrogens is 1. The van der Waals surface area contributed by atoms with E-state index >= 15 is 0 Å². The minimum atomic E-state index is -1.03. The van der Waals surface area contributed by atoms with Gasteiger partial charge in [-0.05, 0) is 54.1 Å². The minimum absolute atomic E-state index is 0.126. The summed E-state index contributed by atoms with van der Waals surface area (Å²) < 4.78 is 1.74. The minimum Gasteiger partial charge on any atom is -0.478 e. The van der Waals surface area contributed by atoms with Gasteiger partial charge in [-0.3, -0.25) is 9.69 Å². The number of aromatic carboxylic acids is 1. The maximum atomic E-state index is 12.8. The number of rotatable bonds is 5. The SMILES string of the molecule is O=C(O)c1cccc(-n2cccc2/C=C2\NC(=O)N(Cc3ccc(Cl)cc3)C2=O)c1. The average molecular weight is 422 g/mol. The Morgan fingerprint density at radius 2 is 1.83 bits per heavy atom. The van der Waals surface area contributed by atoms with E-state index in [0.717, 1.165) is 10.5 Å². The third-order valence-electron chi connectivity index (χ3n) is 4.66. The first-order chi connectivity index (χ1) is 14.4. The predicted molar refractivity (Wildman–Crippen MR) is 111 cm³/mol. The van der Waals surface area contributed by atoms with Crippen molar-refractivity contribution in [1.82, 2.24) is 14.8 Å². The van der Waals surface area contributed by atoms with Crippen LogP contribution in [0.5, 0.6) is 0 Å². The standard InChI is InChI=1S/C22H16ClN3O4/c23-16-8-6-14(7-9-16)13-26-20(27)19(24-22(26)30)12-18-5-2-10-25(18)17-4-1-3-15(11-17)21(28)29/h1-12H,13H2,(H,24,30)(H,28,29)/b19-12-. The van der Waals surface area contributed by atoms with Crippen LogP contribution in [0.3, 0.4) is 0 Å². The highest BCUT2D eigenvalue weighted by atomic mass is 35.5. The lowest BCUT2D eigenvalue weighted by Gasteiger charge is -2.11. The van der Waals surface area contributed by atoms with Crippen LogP contribution in [-0.4, -0.2) is 32.5 Å². The molecule has 2 heterocycles. The van der Waals surface area contributed by atoms with E-state index < -0.39 is 17.9 Å². The van der Waals surface area contributed by atoms with E-state index in [-0.39, 0.29) is 17.8 Å². The summed E-state index contributed by atoms with van der Waals surface area (Å²) in [6.07, 6.45) is 3.32. The van der Waals surface area contributed by atoms with Crippen molar-refractivity contribution in [2.75, 3.05) is 0 Å². The summed E-state index contributed by atoms with van der Waals surface area (Å²) in [5, 5.41) is 12.4. The Bertz CT molecular complexity index is 1180. The number of amides is 3. The number of hydrogen-bond donors (Lipinski definition) is 2. The Kier molecular flexibility index (Phi) is 5.12. The van der Waals surface area contributed by atoms with Crippen molar-refractivity contribution >= 4 is 35.6 Å². The maximum Gasteiger partial charge on any atom is 0.335 e. The summed E-state index contributed by atoms with van der Waals surface area (Å²) in [7, 11) is 0. The van der Waals surface area contributed by atoms with Gasteiger partial charge in [-0.25, -0.2) is 9.59 Å². The van der Waals surface area contributed by atoms with Crippen LogP contribution in [0.4, 0.5) is 4.79 Å². The Hall–Kier alpha value is -3.84. The van der Waals surface area contributed by atoms with Crippen LogP contribution < -0.4 is 5.32 Å². The Morgan fingerprint density at radius 3 is 2.57 bits per heavy atom. The summed E-state index contributed by atoms with van der Waals surface area (Å²) in [4.78, 5) is 37.5. The number of urea groups is 1. The molecule has 0 saturated carbocycles. The second kappa shape index (κ2) is 7.88. The van der Waals surface area contributed by atoms with Gasteiger partial charge in [0.1, 0.15) is 5.70 Å². The Labute approximate surface area is 176 Å². The van der Waals surface area contributed by atoms with Crippen LogP contribution in [0.15, 0.2) is 72.6 Å². The lowest BCUT2D eigenvalue weighted by Crippen LogP contribution is -2.30. The molecule has 0 atom stereocenters. The lowest BCUT2D eigenvalue weighted by molar-refractivity contribution is -0.123. The molecule has 0 unspecified atom stereocenters. The van der Waals surface area contributed by atoms with Gasteiger partial charge in [0.15, 0.2) is 0 Å². The van der Waals surface area contributed by atoms with Gasteiger partial charge >= 0.3 is 12.0 Å². The number of nitrogens with zero attached hydrogens (tertiary/aromatic N) is 2. The Balaban J connectivity index is 1.60. The number of imide groups is 1. The van der Waals surface area contributed by atoms with Crippen molar-refractivity contribution in [1.29, 1.82) is 0 Å². The van der Waals surface area contributed by atoms with E-state index in [1.54, 1.807) is 65.4 Å². The van der Waals surface area contributed by atoms with E-state index in [1.807, 2.05) is 0 Å². The summed E-state index contributed by atoms with van der Waals surface area (Å²) in [6, 6.07) is 16.4. The van der Waals surface area contributed by atoms with E-state index in [0.29, 0.717) is 16.4 Å². The molecule has 3 amide bonds. The van der Waals surface area contributed by atoms with Crippen molar-refractivity contribution < 1.29 is 19.5 Å². The summed E-state index contributed by atoms with van der Waals surface area (Å²) in [5.74, 6) is -1.47. The molecule has 1 aliphatic heterocycles. The molecule has 8 heteroatoms. The van der Waals surface area contributed by atoms with Crippen molar-refractivity contribution in [3.8, 4) is 5.69 Å². The third kappa shape index (κ3) is 3.83. The molecule has 1 fully saturated rings. The number of hydrogen-bond acceptors (Lipinski definition) is 3. The zero-order valence-corrected chi connectivity index (χ0v) is 16.3. The van der Waals surface area contributed by atoms with Crippen LogP contribution in [0.1, 0.15) is 21.6 Å². The molecule has 1 aromatic heterocycles. The highest BCUT2D eigenvalue weighted by molar-refractivity contribution is 6.30. The fourth-order valence-corrected chi connectivity index (χ4v) is 3.30. The molecule has 1 aliphatic rings. The van der Waals surface area contributed by atoms with E-state index in [2.05, 4.69) is 5.32 Å². The third-order valence-corrected chi connectivity index (χ3v) is 4.91. The number of nitrogens with one attached hydrogen (secondary N) is 1. The van der Waals surface area contributed by atoms with Crippen LogP contribution in [0, 0.1) is 0 Å². The monoisotopic (exact) mass is 421 g/mol. The van der Waals surface area contributed by atoms with E-state index in [4.69, 9.17) is 11.6 Å². The first-order valence-corrected chi connectivity index (χ1v) is 9.40.